The first-order valence-corrected chi connectivity index (χ1v) is 21.8. The summed E-state index contributed by atoms with van der Waals surface area (Å²) in [6.45, 7) is 0. The second-order valence-corrected chi connectivity index (χ2v) is 16.7. The van der Waals surface area contributed by atoms with Crippen molar-refractivity contribution in [2.45, 2.75) is 5.41 Å². The lowest BCUT2D eigenvalue weighted by Crippen LogP contribution is -2.28. The van der Waals surface area contributed by atoms with Crippen molar-refractivity contribution in [3.05, 3.63) is 283 Å². The van der Waals surface area contributed by atoms with Gasteiger partial charge in [-0.15, -0.1) is 0 Å². The maximum atomic E-state index is 3.37. The van der Waals surface area contributed by atoms with Crippen LogP contribution in [0.3, 0.4) is 0 Å². The number of allylic oxidation sites excluding steroid dienone is 7. The van der Waals surface area contributed by atoms with Gasteiger partial charge in [-0.2, -0.15) is 0 Å². The molecule has 12 rings (SSSR count). The van der Waals surface area contributed by atoms with Gasteiger partial charge in [-0.1, -0.05) is 158 Å². The summed E-state index contributed by atoms with van der Waals surface area (Å²) in [5.41, 5.74) is 13.4. The van der Waals surface area contributed by atoms with E-state index in [4.69, 9.17) is 0 Å². The standard InChI is InChI=1S/C61H42N2/c1-5-21-49(22-6-1)61(50-23-7-2-8-24-50)59-41-48-39-55(62(51-25-9-3-10-26-51)53-32-29-43-17-13-15-19-45(43)37-53)34-31-47(48)40-58(59)57-36-35-56(42-60(57)61)63(52-27-11-4-12-28-52)54-33-30-44-18-14-16-20-46(44)38-54/h1,3-7,9-43,45H. The van der Waals surface area contributed by atoms with E-state index in [1.54, 1.807) is 0 Å². The van der Waals surface area contributed by atoms with E-state index in [-0.39, 0.29) is 0 Å². The monoisotopic (exact) mass is 802 g/mol. The molecule has 3 unspecified atom stereocenters. The predicted octanol–water partition coefficient (Wildman–Crippen LogP) is 15.4. The Kier molecular flexibility index (Phi) is 8.80. The second-order valence-electron chi connectivity index (χ2n) is 16.7. The van der Waals surface area contributed by atoms with Gasteiger partial charge in [-0.3, -0.25) is 0 Å². The van der Waals surface area contributed by atoms with Gasteiger partial charge >= 0.3 is 0 Å². The first-order valence-electron chi connectivity index (χ1n) is 21.8. The first-order chi connectivity index (χ1) is 31.2. The van der Waals surface area contributed by atoms with Crippen LogP contribution in [-0.2, 0) is 5.41 Å². The van der Waals surface area contributed by atoms with Gasteiger partial charge in [0.1, 0.15) is 0 Å². The van der Waals surface area contributed by atoms with E-state index in [0.29, 0.717) is 11.8 Å². The highest BCUT2D eigenvalue weighted by Gasteiger charge is 2.47. The number of nitrogens with zero attached hydrogens (tertiary/aromatic N) is 2. The maximum Gasteiger partial charge on any atom is 0.0720 e. The van der Waals surface area contributed by atoms with Crippen LogP contribution in [-0.4, -0.2) is 0 Å². The molecule has 0 saturated carbocycles. The average Bonchev–Trinajstić information content (AvgIpc) is 3.63. The minimum absolute atomic E-state index is 0.318. The molecule has 0 aliphatic heterocycles. The highest BCUT2D eigenvalue weighted by molar-refractivity contribution is 5.99. The van der Waals surface area contributed by atoms with E-state index in [0.717, 1.165) is 34.0 Å². The minimum atomic E-state index is -0.646. The summed E-state index contributed by atoms with van der Waals surface area (Å²) in [6, 6.07) is 79.8. The van der Waals surface area contributed by atoms with Crippen LogP contribution >= 0.6 is 0 Å². The third-order valence-electron chi connectivity index (χ3n) is 13.2. The molecule has 0 heterocycles. The van der Waals surface area contributed by atoms with Crippen LogP contribution in [0.2, 0.25) is 0 Å². The van der Waals surface area contributed by atoms with Gasteiger partial charge in [0.15, 0.2) is 0 Å². The Morgan fingerprint density at radius 2 is 1.00 bits per heavy atom. The molecule has 296 valence electrons. The van der Waals surface area contributed by atoms with Crippen LogP contribution in [0, 0.1) is 24.0 Å². The van der Waals surface area contributed by atoms with E-state index < -0.39 is 5.41 Å². The Bertz CT molecular complexity index is 3250. The topological polar surface area (TPSA) is 6.48 Å². The quantitative estimate of drug-likeness (QED) is 0.151. The number of para-hydroxylation sites is 2. The largest absolute Gasteiger partial charge is 0.311 e. The Morgan fingerprint density at radius 3 is 1.76 bits per heavy atom. The Morgan fingerprint density at radius 1 is 0.397 bits per heavy atom. The molecular weight excluding hydrogens is 761 g/mol. The molecule has 9 aromatic carbocycles. The molecule has 0 saturated heterocycles. The van der Waals surface area contributed by atoms with Gasteiger partial charge in [-0.05, 0) is 152 Å². The zero-order valence-electron chi connectivity index (χ0n) is 34.6. The number of fused-ring (bicyclic) bond motifs is 6. The van der Waals surface area contributed by atoms with Gasteiger partial charge in [0.2, 0.25) is 0 Å². The molecule has 0 N–H and O–H groups in total. The number of rotatable bonds is 8. The zero-order valence-corrected chi connectivity index (χ0v) is 34.6. The lowest BCUT2D eigenvalue weighted by atomic mass is 9.67. The fourth-order valence-electron chi connectivity index (χ4n) is 10.4. The number of hydrogen-bond donors (Lipinski definition) is 0. The molecule has 3 aliphatic rings. The first kappa shape index (κ1) is 36.7. The van der Waals surface area contributed by atoms with Crippen LogP contribution < -0.4 is 9.80 Å². The van der Waals surface area contributed by atoms with E-state index in [2.05, 4.69) is 259 Å². The van der Waals surface area contributed by atoms with Crippen LogP contribution in [0.25, 0.3) is 32.7 Å². The maximum absolute atomic E-state index is 3.37. The van der Waals surface area contributed by atoms with Crippen LogP contribution in [0.5, 0.6) is 0 Å². The Labute approximate surface area is 369 Å². The molecule has 0 fully saturated rings. The summed E-state index contributed by atoms with van der Waals surface area (Å²) in [4.78, 5) is 4.80. The normalized spacial score (nSPS) is 16.5. The van der Waals surface area contributed by atoms with Crippen molar-refractivity contribution in [2.24, 2.45) is 11.8 Å². The minimum Gasteiger partial charge on any atom is -0.311 e. The molecule has 0 aromatic heterocycles. The summed E-state index contributed by atoms with van der Waals surface area (Å²) < 4.78 is 0. The van der Waals surface area contributed by atoms with Crippen molar-refractivity contribution in [1.29, 1.82) is 0 Å². The molecule has 0 amide bonds. The fraction of sp³-hybridized carbons (Fsp3) is 0.0492. The van der Waals surface area contributed by atoms with Crippen molar-refractivity contribution < 1.29 is 0 Å². The van der Waals surface area contributed by atoms with E-state index in [1.165, 1.54) is 55.1 Å². The average molecular weight is 803 g/mol. The van der Waals surface area contributed by atoms with Gasteiger partial charge in [0, 0.05) is 46.0 Å². The smallest absolute Gasteiger partial charge is 0.0720 e. The van der Waals surface area contributed by atoms with Gasteiger partial charge in [0.05, 0.1) is 5.41 Å². The van der Waals surface area contributed by atoms with Crippen molar-refractivity contribution in [3.8, 4) is 11.1 Å². The van der Waals surface area contributed by atoms with E-state index in [9.17, 15) is 0 Å². The van der Waals surface area contributed by atoms with Crippen molar-refractivity contribution in [2.75, 3.05) is 9.80 Å². The highest BCUT2D eigenvalue weighted by atomic mass is 15.2. The molecule has 3 atom stereocenters. The lowest BCUT2D eigenvalue weighted by Gasteiger charge is -2.35. The third-order valence-corrected chi connectivity index (χ3v) is 13.2. The predicted molar refractivity (Wildman–Crippen MR) is 262 cm³/mol. The lowest BCUT2D eigenvalue weighted by molar-refractivity contribution is 0.652. The fourth-order valence-corrected chi connectivity index (χ4v) is 10.4. The highest BCUT2D eigenvalue weighted by Crippen LogP contribution is 2.58. The van der Waals surface area contributed by atoms with Crippen molar-refractivity contribution in [1.82, 2.24) is 0 Å². The van der Waals surface area contributed by atoms with Gasteiger partial charge in [-0.25, -0.2) is 0 Å². The molecule has 0 spiro atoms. The number of anilines is 5. The van der Waals surface area contributed by atoms with Crippen molar-refractivity contribution >= 4 is 50.0 Å². The molecule has 2 heteroatoms. The number of hydrogen-bond acceptors (Lipinski definition) is 2. The molecule has 3 aliphatic carbocycles. The molecule has 0 bridgehead atoms. The summed E-state index contributed by atoms with van der Waals surface area (Å²) in [5.74, 6) is 0.697. The van der Waals surface area contributed by atoms with Gasteiger partial charge < -0.3 is 9.80 Å². The van der Waals surface area contributed by atoms with E-state index in [1.807, 2.05) is 6.07 Å². The van der Waals surface area contributed by atoms with E-state index >= 15 is 0 Å². The number of benzene rings is 8. The summed E-state index contributed by atoms with van der Waals surface area (Å²) in [6.07, 6.45) is 16.0. The van der Waals surface area contributed by atoms with Crippen molar-refractivity contribution in [3.63, 3.8) is 0 Å². The third kappa shape index (κ3) is 6.12. The molecular formula is C61H42N2. The molecule has 9 aromatic rings. The molecule has 63 heavy (non-hydrogen) atoms. The van der Waals surface area contributed by atoms with Crippen LogP contribution in [0.4, 0.5) is 28.4 Å². The molecule has 0 radical (unpaired) electrons. The summed E-state index contributed by atoms with van der Waals surface area (Å²) in [7, 11) is 0. The summed E-state index contributed by atoms with van der Waals surface area (Å²) in [5, 5.41) is 4.82. The van der Waals surface area contributed by atoms with Crippen LogP contribution in [0.15, 0.2) is 248 Å². The second kappa shape index (κ2) is 15.1. The van der Waals surface area contributed by atoms with Gasteiger partial charge in [0.25, 0.3) is 0 Å². The SMILES string of the molecule is c1ccc(C2(c3ccccc3)c3cc(N(c4ccccc4)c4ccc5ccccc5c4)ccc3-c3cc4ccc(N(C5=CC6C=CC=CC6C=C5)c5ccccc5)cc4cc32)cc#1. The Balaban J connectivity index is 1.08. The zero-order chi connectivity index (χ0) is 41.7. The Hall–Kier alpha value is -8.12. The van der Waals surface area contributed by atoms with Crippen LogP contribution in [0.1, 0.15) is 22.3 Å². The molecule has 2 nitrogen and oxygen atoms in total. The summed E-state index contributed by atoms with van der Waals surface area (Å²) >= 11 is 0.